The molecule has 10 heteroatoms. The molecule has 1 fully saturated rings. The highest BCUT2D eigenvalue weighted by Gasteiger charge is 2.32. The molecule has 0 aromatic carbocycles. The average Bonchev–Trinajstić information content (AvgIpc) is 3.08. The normalized spacial score (nSPS) is 18.1. The summed E-state index contributed by atoms with van der Waals surface area (Å²) in [7, 11) is -3.53. The highest BCUT2D eigenvalue weighted by atomic mass is 35.5. The number of nitrogens with zero attached hydrogens (tertiary/aromatic N) is 2. The maximum Gasteiger partial charge on any atom is 0.340 e. The van der Waals surface area contributed by atoms with Crippen LogP contribution in [0.15, 0.2) is 20.5 Å². The Morgan fingerprint density at radius 1 is 1.38 bits per heavy atom. The van der Waals surface area contributed by atoms with Crippen molar-refractivity contribution in [3.63, 3.8) is 0 Å². The molecule has 0 atom stereocenters. The second kappa shape index (κ2) is 5.56. The van der Waals surface area contributed by atoms with Gasteiger partial charge >= 0.3 is 5.69 Å². The maximum absolute atomic E-state index is 12.5. The third-order valence-electron chi connectivity index (χ3n) is 3.52. The number of sulfonamides is 1. The van der Waals surface area contributed by atoms with Crippen LogP contribution in [0.25, 0.3) is 0 Å². The molecule has 1 saturated heterocycles. The summed E-state index contributed by atoms with van der Waals surface area (Å²) < 4.78 is 26.6. The van der Waals surface area contributed by atoms with Crippen LogP contribution in [0.4, 0.5) is 0 Å². The third-order valence-corrected chi connectivity index (χ3v) is 7.42. The molecule has 3 rings (SSSR count). The third kappa shape index (κ3) is 2.78. The minimum atomic E-state index is -3.53. The maximum atomic E-state index is 12.5. The fraction of sp³-hybridized carbons (Fsp3) is 0.455. The van der Waals surface area contributed by atoms with Gasteiger partial charge in [-0.3, -0.25) is 4.98 Å². The first-order valence-electron chi connectivity index (χ1n) is 6.36. The van der Waals surface area contributed by atoms with Crippen molar-refractivity contribution in [2.24, 2.45) is 0 Å². The lowest BCUT2D eigenvalue weighted by atomic mass is 9.98. The molecule has 0 radical (unpaired) electrons. The summed E-state index contributed by atoms with van der Waals surface area (Å²) in [5.41, 5.74) is -0.342. The lowest BCUT2D eigenvalue weighted by Gasteiger charge is -2.29. The minimum absolute atomic E-state index is 0.0641. The van der Waals surface area contributed by atoms with Crippen LogP contribution in [0.3, 0.4) is 0 Å². The average molecular weight is 349 g/mol. The van der Waals surface area contributed by atoms with Crippen LogP contribution in [0, 0.1) is 0 Å². The zero-order valence-corrected chi connectivity index (χ0v) is 13.3. The van der Waals surface area contributed by atoms with Gasteiger partial charge in [-0.2, -0.15) is 9.40 Å². The number of thiophene rings is 1. The number of halogens is 1. The van der Waals surface area contributed by atoms with E-state index in [1.165, 1.54) is 4.31 Å². The zero-order chi connectivity index (χ0) is 15.0. The molecule has 0 spiro atoms. The van der Waals surface area contributed by atoms with E-state index in [2.05, 4.69) is 15.2 Å². The van der Waals surface area contributed by atoms with E-state index in [-0.39, 0.29) is 20.8 Å². The van der Waals surface area contributed by atoms with E-state index in [4.69, 9.17) is 11.6 Å². The van der Waals surface area contributed by atoms with Gasteiger partial charge in [0.05, 0.1) is 5.02 Å². The van der Waals surface area contributed by atoms with Gasteiger partial charge in [-0.05, 0) is 24.3 Å². The van der Waals surface area contributed by atoms with Crippen LogP contribution < -0.4 is 5.69 Å². The molecule has 3 heterocycles. The van der Waals surface area contributed by atoms with E-state index in [0.717, 1.165) is 11.3 Å². The number of nitrogens with one attached hydrogen (secondary N) is 2. The molecule has 0 aliphatic carbocycles. The Bertz CT molecular complexity index is 786. The Labute approximate surface area is 130 Å². The second-order valence-corrected chi connectivity index (χ2v) is 8.25. The Morgan fingerprint density at radius 3 is 2.62 bits per heavy atom. The van der Waals surface area contributed by atoms with Crippen LogP contribution in [-0.2, 0) is 10.0 Å². The molecule has 1 aliphatic heterocycles. The molecular formula is C11H13ClN4O3S2. The van der Waals surface area contributed by atoms with Gasteiger partial charge in [0.1, 0.15) is 5.82 Å². The molecule has 2 N–H and O–H groups in total. The summed E-state index contributed by atoms with van der Waals surface area (Å²) in [6.45, 7) is 0.770. The topological polar surface area (TPSA) is 98.9 Å². The van der Waals surface area contributed by atoms with E-state index in [9.17, 15) is 13.2 Å². The van der Waals surface area contributed by atoms with Gasteiger partial charge in [-0.1, -0.05) is 11.6 Å². The number of H-pyrrole nitrogens is 2. The Kier molecular flexibility index (Phi) is 3.91. The molecule has 21 heavy (non-hydrogen) atoms. The summed E-state index contributed by atoms with van der Waals surface area (Å²) in [4.78, 5) is 13.7. The van der Waals surface area contributed by atoms with Crippen LogP contribution >= 0.6 is 22.9 Å². The largest absolute Gasteiger partial charge is 0.340 e. The molecule has 7 nitrogen and oxygen atoms in total. The predicted octanol–water partition coefficient (Wildman–Crippen LogP) is 1.38. The lowest BCUT2D eigenvalue weighted by Crippen LogP contribution is -2.37. The first kappa shape index (κ1) is 14.8. The number of piperidine rings is 1. The van der Waals surface area contributed by atoms with Crippen molar-refractivity contribution in [3.8, 4) is 0 Å². The van der Waals surface area contributed by atoms with Crippen molar-refractivity contribution in [1.29, 1.82) is 0 Å². The standard InChI is InChI=1S/C11H13ClN4O3S2/c12-8-3-6-20-10(8)21(18,19)16-4-1-7(2-5-16)9-13-11(17)15-14-9/h3,6-7H,1-2,4-5H2,(H2,13,14,15,17). The van der Waals surface area contributed by atoms with E-state index >= 15 is 0 Å². The van der Waals surface area contributed by atoms with Crippen LogP contribution in [0.2, 0.25) is 5.02 Å². The van der Waals surface area contributed by atoms with Gasteiger partial charge in [0.2, 0.25) is 0 Å². The van der Waals surface area contributed by atoms with Gasteiger partial charge in [-0.15, -0.1) is 11.3 Å². The Morgan fingerprint density at radius 2 is 2.10 bits per heavy atom. The fourth-order valence-corrected chi connectivity index (χ4v) is 5.71. The molecule has 2 aromatic rings. The predicted molar refractivity (Wildman–Crippen MR) is 79.3 cm³/mol. The van der Waals surface area contributed by atoms with Crippen molar-refractivity contribution in [2.45, 2.75) is 23.0 Å². The van der Waals surface area contributed by atoms with E-state index in [1.54, 1.807) is 11.4 Å². The fourth-order valence-electron chi connectivity index (χ4n) is 2.43. The lowest BCUT2D eigenvalue weighted by molar-refractivity contribution is 0.314. The zero-order valence-electron chi connectivity index (χ0n) is 10.9. The Balaban J connectivity index is 1.74. The number of aromatic nitrogens is 3. The van der Waals surface area contributed by atoms with Crippen molar-refractivity contribution >= 4 is 33.0 Å². The monoisotopic (exact) mass is 348 g/mol. The van der Waals surface area contributed by atoms with Gasteiger partial charge in [0, 0.05) is 19.0 Å². The summed E-state index contributed by atoms with van der Waals surface area (Å²) in [6.07, 6.45) is 1.23. The van der Waals surface area contributed by atoms with Gasteiger partial charge in [-0.25, -0.2) is 18.3 Å². The van der Waals surface area contributed by atoms with Crippen molar-refractivity contribution < 1.29 is 8.42 Å². The van der Waals surface area contributed by atoms with E-state index in [1.807, 2.05) is 0 Å². The summed E-state index contributed by atoms with van der Waals surface area (Å²) in [5, 5.41) is 8.16. The molecule has 1 aliphatic rings. The smallest absolute Gasteiger partial charge is 0.293 e. The first-order chi connectivity index (χ1) is 9.98. The van der Waals surface area contributed by atoms with E-state index < -0.39 is 10.0 Å². The molecule has 2 aromatic heterocycles. The quantitative estimate of drug-likeness (QED) is 0.875. The van der Waals surface area contributed by atoms with Gasteiger partial charge < -0.3 is 0 Å². The minimum Gasteiger partial charge on any atom is -0.293 e. The van der Waals surface area contributed by atoms with Crippen LogP contribution in [0.1, 0.15) is 24.6 Å². The van der Waals surface area contributed by atoms with Crippen molar-refractivity contribution in [3.05, 3.63) is 32.8 Å². The molecular weight excluding hydrogens is 336 g/mol. The highest BCUT2D eigenvalue weighted by Crippen LogP contribution is 2.33. The molecule has 0 bridgehead atoms. The van der Waals surface area contributed by atoms with Gasteiger partial charge in [0.15, 0.2) is 4.21 Å². The molecule has 0 unspecified atom stereocenters. The molecule has 0 amide bonds. The Hall–Kier alpha value is -1.16. The SMILES string of the molecule is O=c1[nH]nc(C2CCN(S(=O)(=O)c3sccc3Cl)CC2)[nH]1. The summed E-state index contributed by atoms with van der Waals surface area (Å²) >= 11 is 7.05. The van der Waals surface area contributed by atoms with Crippen LogP contribution in [-0.4, -0.2) is 41.0 Å². The number of hydrogen-bond acceptors (Lipinski definition) is 5. The molecule has 114 valence electrons. The highest BCUT2D eigenvalue weighted by molar-refractivity contribution is 7.91. The molecule has 0 saturated carbocycles. The number of rotatable bonds is 3. The number of aromatic amines is 2. The summed E-state index contributed by atoms with van der Waals surface area (Å²) in [6, 6.07) is 1.58. The summed E-state index contributed by atoms with van der Waals surface area (Å²) in [5.74, 6) is 0.653. The number of hydrogen-bond donors (Lipinski definition) is 2. The first-order valence-corrected chi connectivity index (χ1v) is 9.06. The van der Waals surface area contributed by atoms with Gasteiger partial charge in [0.25, 0.3) is 10.0 Å². The van der Waals surface area contributed by atoms with Crippen molar-refractivity contribution in [2.75, 3.05) is 13.1 Å². The van der Waals surface area contributed by atoms with Crippen molar-refractivity contribution in [1.82, 2.24) is 19.5 Å². The van der Waals surface area contributed by atoms with Crippen LogP contribution in [0.5, 0.6) is 0 Å². The second-order valence-electron chi connectivity index (χ2n) is 4.80. The van der Waals surface area contributed by atoms with E-state index in [0.29, 0.717) is 31.8 Å².